The fourth-order valence-corrected chi connectivity index (χ4v) is 3.08. The summed E-state index contributed by atoms with van der Waals surface area (Å²) in [6, 6.07) is 13.8. The molecule has 4 heterocycles. The fraction of sp³-hybridized carbons (Fsp3) is 0.316. The van der Waals surface area contributed by atoms with Gasteiger partial charge in [0.1, 0.15) is 17.7 Å². The first-order chi connectivity index (χ1) is 12.8. The summed E-state index contributed by atoms with van der Waals surface area (Å²) < 4.78 is 7.90. The number of morpholine rings is 1. The maximum atomic E-state index is 5.98. The van der Waals surface area contributed by atoms with Crippen molar-refractivity contribution in [2.75, 3.05) is 25.0 Å². The molecule has 1 atom stereocenters. The van der Waals surface area contributed by atoms with E-state index in [2.05, 4.69) is 26.4 Å². The van der Waals surface area contributed by atoms with Crippen molar-refractivity contribution >= 4 is 11.6 Å². The number of ether oxygens (including phenoxy) is 1. The minimum Gasteiger partial charge on any atom is -0.369 e. The van der Waals surface area contributed by atoms with E-state index in [0.717, 1.165) is 37.0 Å². The molecule has 0 aliphatic carbocycles. The number of rotatable bonds is 5. The Morgan fingerprint density at radius 1 is 1.12 bits per heavy atom. The minimum atomic E-state index is -0.0394. The van der Waals surface area contributed by atoms with Gasteiger partial charge in [-0.05, 0) is 30.3 Å². The molecule has 1 N–H and O–H groups in total. The summed E-state index contributed by atoms with van der Waals surface area (Å²) in [5, 5.41) is 7.48. The lowest BCUT2D eigenvalue weighted by Crippen LogP contribution is -2.38. The normalized spacial score (nSPS) is 18.0. The van der Waals surface area contributed by atoms with Crippen LogP contribution in [0.15, 0.2) is 54.9 Å². The largest absolute Gasteiger partial charge is 0.369 e. The molecule has 3 aromatic heterocycles. The second kappa shape index (κ2) is 7.63. The van der Waals surface area contributed by atoms with Gasteiger partial charge in [-0.25, -0.2) is 9.97 Å². The van der Waals surface area contributed by atoms with Crippen LogP contribution in [0, 0.1) is 0 Å². The molecular formula is C19H22N6O. The van der Waals surface area contributed by atoms with Crippen molar-refractivity contribution < 1.29 is 4.74 Å². The molecule has 0 aromatic carbocycles. The number of nitrogens with zero attached hydrogens (tertiary/aromatic N) is 5. The number of nitrogens with one attached hydrogen (secondary N) is 1. The first kappa shape index (κ1) is 16.7. The third-order valence-corrected chi connectivity index (χ3v) is 4.48. The second-order valence-corrected chi connectivity index (χ2v) is 6.33. The standard InChI is InChI=1S/C19H22N6O/c1-24-15(8-10-21-24)13-25-11-12-26-17(14-25)16-5-4-7-19(22-16)23-18-6-2-3-9-20-18/h2-10,17H,11-14H2,1H3,(H,20,22,23)/t17-/m0/s1. The summed E-state index contributed by atoms with van der Waals surface area (Å²) in [6.45, 7) is 3.28. The van der Waals surface area contributed by atoms with Gasteiger partial charge < -0.3 is 10.1 Å². The zero-order valence-electron chi connectivity index (χ0n) is 14.7. The van der Waals surface area contributed by atoms with E-state index in [-0.39, 0.29) is 6.10 Å². The molecule has 134 valence electrons. The first-order valence-corrected chi connectivity index (χ1v) is 8.74. The topological polar surface area (TPSA) is 68.1 Å². The van der Waals surface area contributed by atoms with Crippen LogP contribution >= 0.6 is 0 Å². The van der Waals surface area contributed by atoms with Gasteiger partial charge in [-0.15, -0.1) is 0 Å². The number of hydrogen-bond donors (Lipinski definition) is 1. The minimum absolute atomic E-state index is 0.0394. The van der Waals surface area contributed by atoms with Crippen LogP contribution in [0.4, 0.5) is 11.6 Å². The van der Waals surface area contributed by atoms with E-state index in [1.165, 1.54) is 5.69 Å². The van der Waals surface area contributed by atoms with E-state index in [1.54, 1.807) is 6.20 Å². The predicted octanol–water partition coefficient (Wildman–Crippen LogP) is 2.53. The molecule has 0 radical (unpaired) electrons. The smallest absolute Gasteiger partial charge is 0.131 e. The van der Waals surface area contributed by atoms with Gasteiger partial charge in [-0.1, -0.05) is 12.1 Å². The predicted molar refractivity (Wildman–Crippen MR) is 98.9 cm³/mol. The summed E-state index contributed by atoms with van der Waals surface area (Å²) in [6.07, 6.45) is 3.55. The summed E-state index contributed by atoms with van der Waals surface area (Å²) in [5.74, 6) is 1.55. The Morgan fingerprint density at radius 3 is 2.85 bits per heavy atom. The van der Waals surface area contributed by atoms with E-state index in [4.69, 9.17) is 9.72 Å². The van der Waals surface area contributed by atoms with Gasteiger partial charge in [-0.2, -0.15) is 5.10 Å². The molecule has 26 heavy (non-hydrogen) atoms. The highest BCUT2D eigenvalue weighted by molar-refractivity contribution is 5.51. The van der Waals surface area contributed by atoms with Crippen molar-refractivity contribution in [3.05, 3.63) is 66.2 Å². The molecule has 7 heteroatoms. The molecule has 0 amide bonds. The van der Waals surface area contributed by atoms with Gasteiger partial charge in [0, 0.05) is 39.1 Å². The lowest BCUT2D eigenvalue weighted by atomic mass is 10.2. The highest BCUT2D eigenvalue weighted by Gasteiger charge is 2.24. The van der Waals surface area contributed by atoms with Crippen molar-refractivity contribution in [2.45, 2.75) is 12.6 Å². The van der Waals surface area contributed by atoms with Crippen molar-refractivity contribution in [1.82, 2.24) is 24.6 Å². The van der Waals surface area contributed by atoms with Crippen LogP contribution in [0.25, 0.3) is 0 Å². The average Bonchev–Trinajstić information content (AvgIpc) is 3.08. The molecule has 1 fully saturated rings. The van der Waals surface area contributed by atoms with E-state index in [1.807, 2.05) is 54.3 Å². The Hall–Kier alpha value is -2.77. The van der Waals surface area contributed by atoms with Crippen LogP contribution < -0.4 is 5.32 Å². The molecule has 4 rings (SSSR count). The second-order valence-electron chi connectivity index (χ2n) is 6.33. The molecular weight excluding hydrogens is 328 g/mol. The SMILES string of the molecule is Cn1nccc1CN1CCO[C@H](c2cccc(Nc3ccccn3)n2)C1. The van der Waals surface area contributed by atoms with Crippen molar-refractivity contribution in [1.29, 1.82) is 0 Å². The van der Waals surface area contributed by atoms with E-state index in [0.29, 0.717) is 6.61 Å². The number of hydrogen-bond acceptors (Lipinski definition) is 6. The quantitative estimate of drug-likeness (QED) is 0.763. The first-order valence-electron chi connectivity index (χ1n) is 8.74. The molecule has 0 spiro atoms. The molecule has 1 aliphatic heterocycles. The zero-order chi connectivity index (χ0) is 17.8. The van der Waals surface area contributed by atoms with Gasteiger partial charge in [0.25, 0.3) is 0 Å². The van der Waals surface area contributed by atoms with Crippen LogP contribution in [0.5, 0.6) is 0 Å². The number of pyridine rings is 2. The third-order valence-electron chi connectivity index (χ3n) is 4.48. The summed E-state index contributed by atoms with van der Waals surface area (Å²) >= 11 is 0. The number of anilines is 2. The Morgan fingerprint density at radius 2 is 2.04 bits per heavy atom. The molecule has 1 aliphatic rings. The van der Waals surface area contributed by atoms with Crippen molar-refractivity contribution in [3.63, 3.8) is 0 Å². The average molecular weight is 350 g/mol. The van der Waals surface area contributed by atoms with Gasteiger partial charge in [0.15, 0.2) is 0 Å². The molecule has 0 bridgehead atoms. The number of aromatic nitrogens is 4. The summed E-state index contributed by atoms with van der Waals surface area (Å²) in [5.41, 5.74) is 2.13. The van der Waals surface area contributed by atoms with Crippen molar-refractivity contribution in [2.24, 2.45) is 7.05 Å². The van der Waals surface area contributed by atoms with Gasteiger partial charge >= 0.3 is 0 Å². The van der Waals surface area contributed by atoms with Gasteiger partial charge in [0.2, 0.25) is 0 Å². The van der Waals surface area contributed by atoms with Crippen LogP contribution in [0.1, 0.15) is 17.5 Å². The van der Waals surface area contributed by atoms with Crippen LogP contribution in [-0.2, 0) is 18.3 Å². The Balaban J connectivity index is 1.45. The van der Waals surface area contributed by atoms with Crippen LogP contribution in [0.3, 0.4) is 0 Å². The molecule has 7 nitrogen and oxygen atoms in total. The Kier molecular flexibility index (Phi) is 4.90. The Bertz CT molecular complexity index is 850. The monoisotopic (exact) mass is 350 g/mol. The maximum absolute atomic E-state index is 5.98. The van der Waals surface area contributed by atoms with Crippen LogP contribution in [0.2, 0.25) is 0 Å². The van der Waals surface area contributed by atoms with Crippen LogP contribution in [-0.4, -0.2) is 44.3 Å². The van der Waals surface area contributed by atoms with Gasteiger partial charge in [0.05, 0.1) is 18.0 Å². The summed E-state index contributed by atoms with van der Waals surface area (Å²) in [4.78, 5) is 11.4. The highest BCUT2D eigenvalue weighted by Crippen LogP contribution is 2.23. The fourth-order valence-electron chi connectivity index (χ4n) is 3.08. The lowest BCUT2D eigenvalue weighted by Gasteiger charge is -2.32. The Labute approximate surface area is 152 Å². The summed E-state index contributed by atoms with van der Waals surface area (Å²) in [7, 11) is 1.97. The number of aryl methyl sites for hydroxylation is 1. The van der Waals surface area contributed by atoms with E-state index in [9.17, 15) is 0 Å². The zero-order valence-corrected chi connectivity index (χ0v) is 14.7. The highest BCUT2D eigenvalue weighted by atomic mass is 16.5. The molecule has 3 aromatic rings. The third kappa shape index (κ3) is 3.89. The van der Waals surface area contributed by atoms with E-state index >= 15 is 0 Å². The maximum Gasteiger partial charge on any atom is 0.131 e. The molecule has 0 unspecified atom stereocenters. The lowest BCUT2D eigenvalue weighted by molar-refractivity contribution is -0.0355. The van der Waals surface area contributed by atoms with Gasteiger partial charge in [-0.3, -0.25) is 9.58 Å². The molecule has 0 saturated carbocycles. The molecule has 1 saturated heterocycles. The van der Waals surface area contributed by atoms with E-state index < -0.39 is 0 Å². The van der Waals surface area contributed by atoms with Crippen molar-refractivity contribution in [3.8, 4) is 0 Å².